The minimum Gasteiger partial charge on any atom is -0.360 e. The van der Waals surface area contributed by atoms with E-state index in [4.69, 9.17) is 0 Å². The molecule has 3 bridgehead atoms. The summed E-state index contributed by atoms with van der Waals surface area (Å²) in [6.07, 6.45) is 6.66. The molecule has 0 amide bonds. The Hall–Kier alpha value is -1.79. The Labute approximate surface area is 142 Å². The maximum absolute atomic E-state index is 13.2. The van der Waals surface area contributed by atoms with E-state index in [0.717, 1.165) is 37.1 Å². The van der Waals surface area contributed by atoms with Gasteiger partial charge in [0.15, 0.2) is 5.78 Å². The number of rotatable bonds is 0. The average Bonchev–Trinajstić information content (AvgIpc) is 3.11. The van der Waals surface area contributed by atoms with Gasteiger partial charge in [0.05, 0.1) is 23.2 Å². The van der Waals surface area contributed by atoms with Gasteiger partial charge in [0, 0.05) is 34.3 Å². The molecule has 2 unspecified atom stereocenters. The second-order valence-corrected chi connectivity index (χ2v) is 9.00. The van der Waals surface area contributed by atoms with Crippen LogP contribution in [0, 0.1) is 5.41 Å². The highest BCUT2D eigenvalue weighted by Gasteiger charge is 2.64. The first kappa shape index (κ1) is 12.6. The number of hydrogen-bond acceptors (Lipinski definition) is 5. The van der Waals surface area contributed by atoms with E-state index in [1.54, 1.807) is 11.8 Å². The van der Waals surface area contributed by atoms with Crippen LogP contribution in [-0.4, -0.2) is 45.5 Å². The third kappa shape index (κ3) is 1.10. The molecule has 1 aromatic heterocycles. The smallest absolute Gasteiger partial charge is 0.200 e. The standard InChI is InChI=1S/C18H15N3O2S/c22-9-3-10-18-4-8(9)21-2-1-7-6-19-14-12(7)16(21)13(18)15(17(14)23)20-11(5-18)24-10/h3,6,8,11,15,19-20H,1-2,4-5H2/t8?,11-,15?,18-/m0/s1. The molecule has 2 aliphatic carbocycles. The molecular formula is C18H15N3O2S. The second-order valence-electron chi connectivity index (χ2n) is 7.76. The normalized spacial score (nSPS) is 40.2. The lowest BCUT2D eigenvalue weighted by atomic mass is 9.59. The summed E-state index contributed by atoms with van der Waals surface area (Å²) < 4.78 is 0. The van der Waals surface area contributed by atoms with Crippen molar-refractivity contribution in [1.29, 1.82) is 0 Å². The largest absolute Gasteiger partial charge is 0.360 e. The first-order valence-corrected chi connectivity index (χ1v) is 9.50. The van der Waals surface area contributed by atoms with Crippen molar-refractivity contribution < 1.29 is 9.59 Å². The number of fused-ring (bicyclic) bond motifs is 3. The first-order chi connectivity index (χ1) is 11.7. The lowest BCUT2D eigenvalue weighted by molar-refractivity contribution is -0.120. The minimum atomic E-state index is -0.231. The van der Waals surface area contributed by atoms with Crippen LogP contribution in [0.1, 0.15) is 34.5 Å². The van der Waals surface area contributed by atoms with Gasteiger partial charge in [0.1, 0.15) is 0 Å². The molecule has 5 nitrogen and oxygen atoms in total. The van der Waals surface area contributed by atoms with Gasteiger partial charge >= 0.3 is 0 Å². The van der Waals surface area contributed by atoms with Crippen LogP contribution in [0.3, 0.4) is 0 Å². The van der Waals surface area contributed by atoms with Crippen LogP contribution >= 0.6 is 11.8 Å². The summed E-state index contributed by atoms with van der Waals surface area (Å²) in [6.45, 7) is 0.871. The molecule has 7 rings (SSSR count). The first-order valence-electron chi connectivity index (χ1n) is 8.62. The summed E-state index contributed by atoms with van der Waals surface area (Å²) in [7, 11) is 0. The van der Waals surface area contributed by atoms with Gasteiger partial charge < -0.3 is 9.88 Å². The molecule has 2 fully saturated rings. The summed E-state index contributed by atoms with van der Waals surface area (Å²) in [5.41, 5.74) is 5.45. The molecular weight excluding hydrogens is 322 g/mol. The number of thioether (sulfide) groups is 1. The summed E-state index contributed by atoms with van der Waals surface area (Å²) in [6, 6.07) is -0.277. The number of carbonyl (C=O) groups excluding carboxylic acids is 2. The number of aromatic nitrogens is 1. The summed E-state index contributed by atoms with van der Waals surface area (Å²) in [5, 5.41) is 3.81. The van der Waals surface area contributed by atoms with Crippen LogP contribution in [0.5, 0.6) is 0 Å². The lowest BCUT2D eigenvalue weighted by Crippen LogP contribution is -2.61. The Balaban J connectivity index is 1.66. The van der Waals surface area contributed by atoms with Crippen LogP contribution in [0.2, 0.25) is 0 Å². The number of aromatic amines is 1. The highest BCUT2D eigenvalue weighted by Crippen LogP contribution is 2.67. The fourth-order valence-corrected chi connectivity index (χ4v) is 7.49. The van der Waals surface area contributed by atoms with Gasteiger partial charge in [-0.1, -0.05) is 0 Å². The fourth-order valence-electron chi connectivity index (χ4n) is 5.93. The third-order valence-electron chi connectivity index (χ3n) is 6.82. The molecule has 4 aliphatic heterocycles. The van der Waals surface area contributed by atoms with Gasteiger partial charge in [-0.05, 0) is 36.5 Å². The zero-order valence-electron chi connectivity index (χ0n) is 12.9. The number of carbonyl (C=O) groups is 2. The Morgan fingerprint density at radius 3 is 3.12 bits per heavy atom. The van der Waals surface area contributed by atoms with E-state index in [2.05, 4.69) is 15.2 Å². The number of ketones is 2. The SMILES string of the molecule is O=C1c2[nH]cc3c2C2=C4C1N[C@@H]1C[C@]45CC(C(=O)C=C5S1)N2CC3. The molecule has 0 aromatic carbocycles. The lowest BCUT2D eigenvalue weighted by Gasteiger charge is -2.55. The highest BCUT2D eigenvalue weighted by molar-refractivity contribution is 8.04. The zero-order chi connectivity index (χ0) is 15.8. The van der Waals surface area contributed by atoms with E-state index in [9.17, 15) is 9.59 Å². The molecule has 6 aliphatic rings. The van der Waals surface area contributed by atoms with Crippen LogP contribution in [0.25, 0.3) is 5.70 Å². The fraction of sp³-hybridized carbons (Fsp3) is 0.444. The van der Waals surface area contributed by atoms with Crippen molar-refractivity contribution in [3.05, 3.63) is 39.6 Å². The number of H-pyrrole nitrogens is 1. The van der Waals surface area contributed by atoms with E-state index in [-0.39, 0.29) is 34.4 Å². The van der Waals surface area contributed by atoms with E-state index >= 15 is 0 Å². The van der Waals surface area contributed by atoms with Gasteiger partial charge in [-0.3, -0.25) is 14.9 Å². The van der Waals surface area contributed by atoms with E-state index in [1.807, 2.05) is 12.3 Å². The maximum Gasteiger partial charge on any atom is 0.200 e. The van der Waals surface area contributed by atoms with Crippen molar-refractivity contribution in [2.45, 2.75) is 36.7 Å². The van der Waals surface area contributed by atoms with Crippen LogP contribution < -0.4 is 5.32 Å². The molecule has 2 N–H and O–H groups in total. The third-order valence-corrected chi connectivity index (χ3v) is 8.17. The molecule has 6 heteroatoms. The number of nitrogens with one attached hydrogen (secondary N) is 2. The Kier molecular flexibility index (Phi) is 1.87. The minimum absolute atomic E-state index is 0.0466. The van der Waals surface area contributed by atoms with Crippen LogP contribution in [-0.2, 0) is 11.2 Å². The topological polar surface area (TPSA) is 65.2 Å². The van der Waals surface area contributed by atoms with Crippen molar-refractivity contribution in [1.82, 2.24) is 15.2 Å². The number of piperidine rings is 1. The summed E-state index contributed by atoms with van der Waals surface area (Å²) >= 11 is 1.77. The quantitative estimate of drug-likeness (QED) is 0.750. The van der Waals surface area contributed by atoms with Gasteiger partial charge in [-0.25, -0.2) is 0 Å². The monoisotopic (exact) mass is 337 g/mol. The molecule has 2 saturated heterocycles. The number of allylic oxidation sites excluding steroid dienone is 1. The second kappa shape index (κ2) is 3.58. The Morgan fingerprint density at radius 1 is 1.29 bits per heavy atom. The molecule has 4 atom stereocenters. The highest BCUT2D eigenvalue weighted by atomic mass is 32.2. The van der Waals surface area contributed by atoms with Gasteiger partial charge in [-0.15, -0.1) is 11.8 Å². The predicted molar refractivity (Wildman–Crippen MR) is 89.3 cm³/mol. The number of hydrogen-bond donors (Lipinski definition) is 2. The van der Waals surface area contributed by atoms with Crippen molar-refractivity contribution in [2.75, 3.05) is 6.54 Å². The van der Waals surface area contributed by atoms with E-state index in [0.29, 0.717) is 0 Å². The average molecular weight is 337 g/mol. The summed E-state index contributed by atoms with van der Waals surface area (Å²) in [4.78, 5) is 32.7. The van der Waals surface area contributed by atoms with Crippen molar-refractivity contribution in [3.63, 3.8) is 0 Å². The number of Topliss-reactive ketones (excluding diaryl/α,β-unsaturated/α-hetero) is 1. The van der Waals surface area contributed by atoms with Gasteiger partial charge in [0.25, 0.3) is 0 Å². The van der Waals surface area contributed by atoms with Crippen molar-refractivity contribution >= 4 is 29.0 Å². The maximum atomic E-state index is 13.2. The van der Waals surface area contributed by atoms with E-state index < -0.39 is 0 Å². The molecule has 120 valence electrons. The van der Waals surface area contributed by atoms with Crippen molar-refractivity contribution in [3.8, 4) is 0 Å². The predicted octanol–water partition coefficient (Wildman–Crippen LogP) is 1.44. The zero-order valence-corrected chi connectivity index (χ0v) is 13.7. The van der Waals surface area contributed by atoms with Crippen LogP contribution in [0.4, 0.5) is 0 Å². The molecule has 5 heterocycles. The Bertz CT molecular complexity index is 957. The Morgan fingerprint density at radius 2 is 2.21 bits per heavy atom. The number of nitrogens with zero attached hydrogens (tertiary/aromatic N) is 1. The molecule has 24 heavy (non-hydrogen) atoms. The molecule has 0 saturated carbocycles. The van der Waals surface area contributed by atoms with Crippen molar-refractivity contribution in [2.24, 2.45) is 5.41 Å². The molecule has 1 spiro atoms. The van der Waals surface area contributed by atoms with Crippen LogP contribution in [0.15, 0.2) is 22.8 Å². The summed E-state index contributed by atoms with van der Waals surface area (Å²) in [5.74, 6) is 0.425. The van der Waals surface area contributed by atoms with E-state index in [1.165, 1.54) is 21.7 Å². The molecule has 1 aromatic rings. The van der Waals surface area contributed by atoms with Gasteiger partial charge in [0.2, 0.25) is 5.78 Å². The molecule has 0 radical (unpaired) electrons. The van der Waals surface area contributed by atoms with Gasteiger partial charge in [-0.2, -0.15) is 0 Å².